The summed E-state index contributed by atoms with van der Waals surface area (Å²) in [5.41, 5.74) is -0.774. The van der Waals surface area contributed by atoms with Crippen molar-refractivity contribution in [1.29, 1.82) is 0 Å². The SMILES string of the molecule is O=C(c1cn(CCOc2ccc(F)cc2)nn1)C(F)(F)F. The van der Waals surface area contributed by atoms with Crippen LogP contribution in [0.4, 0.5) is 17.6 Å². The maximum atomic E-state index is 12.6. The van der Waals surface area contributed by atoms with Crippen LogP contribution in [0.5, 0.6) is 5.75 Å². The van der Waals surface area contributed by atoms with Gasteiger partial charge in [0, 0.05) is 0 Å². The molecule has 1 aromatic heterocycles. The van der Waals surface area contributed by atoms with E-state index in [4.69, 9.17) is 4.74 Å². The lowest BCUT2D eigenvalue weighted by Crippen LogP contribution is -2.23. The quantitative estimate of drug-likeness (QED) is 0.628. The van der Waals surface area contributed by atoms with Gasteiger partial charge in [-0.05, 0) is 24.3 Å². The molecule has 2 rings (SSSR count). The lowest BCUT2D eigenvalue weighted by Gasteiger charge is -2.05. The monoisotopic (exact) mass is 303 g/mol. The van der Waals surface area contributed by atoms with Crippen LogP contribution in [0.25, 0.3) is 0 Å². The molecule has 2 aromatic rings. The first-order chi connectivity index (χ1) is 9.86. The average molecular weight is 303 g/mol. The predicted octanol–water partition coefficient (Wildman–Crippen LogP) is 2.24. The Morgan fingerprint density at radius 1 is 1.24 bits per heavy atom. The number of carbonyl (C=O) groups is 1. The number of rotatable bonds is 5. The largest absolute Gasteiger partial charge is 0.492 e. The number of Topliss-reactive ketones (excluding diaryl/α,β-unsaturated/α-hetero) is 1. The van der Waals surface area contributed by atoms with Crippen molar-refractivity contribution in [1.82, 2.24) is 15.0 Å². The van der Waals surface area contributed by atoms with Crippen LogP contribution in [0.3, 0.4) is 0 Å². The fourth-order valence-electron chi connectivity index (χ4n) is 1.44. The number of hydrogen-bond acceptors (Lipinski definition) is 4. The Hall–Kier alpha value is -2.45. The van der Waals surface area contributed by atoms with Crippen molar-refractivity contribution >= 4 is 5.78 Å². The molecule has 0 aliphatic rings. The van der Waals surface area contributed by atoms with Crippen molar-refractivity contribution in [3.63, 3.8) is 0 Å². The Morgan fingerprint density at radius 3 is 2.52 bits per heavy atom. The van der Waals surface area contributed by atoms with Crippen LogP contribution in [0.1, 0.15) is 10.5 Å². The molecular weight excluding hydrogens is 294 g/mol. The number of ether oxygens (including phenoxy) is 1. The van der Waals surface area contributed by atoms with Gasteiger partial charge in [-0.1, -0.05) is 5.21 Å². The van der Waals surface area contributed by atoms with E-state index in [9.17, 15) is 22.4 Å². The third-order valence-electron chi connectivity index (χ3n) is 2.43. The standard InChI is InChI=1S/C12H9F4N3O2/c13-8-1-3-9(4-2-8)21-6-5-19-7-10(17-18-19)11(20)12(14,15)16/h1-4,7H,5-6H2. The summed E-state index contributed by atoms with van der Waals surface area (Å²) < 4.78 is 55.4. The minimum absolute atomic E-state index is 0.0780. The van der Waals surface area contributed by atoms with Crippen molar-refractivity contribution in [2.24, 2.45) is 0 Å². The van der Waals surface area contributed by atoms with Gasteiger partial charge in [0.25, 0.3) is 5.78 Å². The number of benzene rings is 1. The van der Waals surface area contributed by atoms with Crippen LogP contribution in [0.15, 0.2) is 30.5 Å². The first-order valence-electron chi connectivity index (χ1n) is 5.76. The highest BCUT2D eigenvalue weighted by Crippen LogP contribution is 2.19. The molecule has 0 saturated heterocycles. The highest BCUT2D eigenvalue weighted by atomic mass is 19.4. The molecule has 0 saturated carbocycles. The minimum atomic E-state index is -4.98. The van der Waals surface area contributed by atoms with Gasteiger partial charge >= 0.3 is 6.18 Å². The Morgan fingerprint density at radius 2 is 1.90 bits per heavy atom. The zero-order valence-corrected chi connectivity index (χ0v) is 10.5. The molecule has 0 atom stereocenters. The van der Waals surface area contributed by atoms with E-state index in [1.165, 1.54) is 24.3 Å². The van der Waals surface area contributed by atoms with E-state index in [1.807, 2.05) is 0 Å². The van der Waals surface area contributed by atoms with Crippen molar-refractivity contribution in [2.75, 3.05) is 6.61 Å². The first kappa shape index (κ1) is 14.9. The van der Waals surface area contributed by atoms with Gasteiger partial charge in [0.1, 0.15) is 18.2 Å². The van der Waals surface area contributed by atoms with Crippen LogP contribution < -0.4 is 4.74 Å². The Bertz CT molecular complexity index is 622. The average Bonchev–Trinajstić information content (AvgIpc) is 2.88. The fourth-order valence-corrected chi connectivity index (χ4v) is 1.44. The molecular formula is C12H9F4N3O2. The molecule has 0 spiro atoms. The smallest absolute Gasteiger partial charge is 0.456 e. The second-order valence-electron chi connectivity index (χ2n) is 4.00. The maximum absolute atomic E-state index is 12.6. The third-order valence-corrected chi connectivity index (χ3v) is 2.43. The number of hydrogen-bond donors (Lipinski definition) is 0. The second kappa shape index (κ2) is 5.90. The summed E-state index contributed by atoms with van der Waals surface area (Å²) in [6.45, 7) is 0.171. The van der Waals surface area contributed by atoms with Crippen molar-refractivity contribution in [3.05, 3.63) is 42.0 Å². The molecule has 0 aliphatic carbocycles. The highest BCUT2D eigenvalue weighted by Gasteiger charge is 2.41. The number of halogens is 4. The van der Waals surface area contributed by atoms with Gasteiger partial charge in [-0.2, -0.15) is 13.2 Å². The third kappa shape index (κ3) is 4.01. The molecule has 0 radical (unpaired) electrons. The van der Waals surface area contributed by atoms with Gasteiger partial charge in [0.15, 0.2) is 5.69 Å². The molecule has 0 N–H and O–H groups in total. The summed E-state index contributed by atoms with van der Waals surface area (Å²) in [6, 6.07) is 5.25. The van der Waals surface area contributed by atoms with E-state index in [-0.39, 0.29) is 13.2 Å². The molecule has 1 heterocycles. The van der Waals surface area contributed by atoms with Crippen LogP contribution in [0, 0.1) is 5.82 Å². The summed E-state index contributed by atoms with van der Waals surface area (Å²) in [5.74, 6) is -2.05. The molecule has 21 heavy (non-hydrogen) atoms. The van der Waals surface area contributed by atoms with E-state index >= 15 is 0 Å². The molecule has 0 amide bonds. The topological polar surface area (TPSA) is 57.0 Å². The highest BCUT2D eigenvalue weighted by molar-refractivity contribution is 5.98. The van der Waals surface area contributed by atoms with Gasteiger partial charge in [-0.3, -0.25) is 4.79 Å². The van der Waals surface area contributed by atoms with Gasteiger partial charge in [0.2, 0.25) is 0 Å². The van der Waals surface area contributed by atoms with Crippen LogP contribution in [-0.2, 0) is 6.54 Å². The lowest BCUT2D eigenvalue weighted by molar-refractivity contribution is -0.0888. The van der Waals surface area contributed by atoms with Crippen LogP contribution in [0.2, 0.25) is 0 Å². The Labute approximate surface area is 116 Å². The first-order valence-corrected chi connectivity index (χ1v) is 5.76. The van der Waals surface area contributed by atoms with Gasteiger partial charge in [-0.25, -0.2) is 9.07 Å². The molecule has 0 aliphatic heterocycles. The van der Waals surface area contributed by atoms with E-state index in [2.05, 4.69) is 10.3 Å². The number of carbonyl (C=O) groups excluding carboxylic acids is 1. The summed E-state index contributed by atoms with van der Waals surface area (Å²) >= 11 is 0. The molecule has 0 bridgehead atoms. The van der Waals surface area contributed by atoms with Crippen LogP contribution in [-0.4, -0.2) is 33.6 Å². The Balaban J connectivity index is 1.88. The van der Waals surface area contributed by atoms with E-state index in [1.54, 1.807) is 0 Å². The zero-order valence-electron chi connectivity index (χ0n) is 10.5. The number of alkyl halides is 3. The predicted molar refractivity (Wildman–Crippen MR) is 62.3 cm³/mol. The van der Waals surface area contributed by atoms with Crippen molar-refractivity contribution < 1.29 is 27.1 Å². The second-order valence-corrected chi connectivity index (χ2v) is 4.00. The molecule has 0 unspecified atom stereocenters. The van der Waals surface area contributed by atoms with E-state index in [0.29, 0.717) is 5.75 Å². The van der Waals surface area contributed by atoms with Gasteiger partial charge in [0.05, 0.1) is 12.7 Å². The summed E-state index contributed by atoms with van der Waals surface area (Å²) in [4.78, 5) is 10.9. The molecule has 5 nitrogen and oxygen atoms in total. The van der Waals surface area contributed by atoms with Gasteiger partial charge in [-0.15, -0.1) is 5.10 Å². The van der Waals surface area contributed by atoms with Gasteiger partial charge < -0.3 is 4.74 Å². The molecule has 0 fully saturated rings. The summed E-state index contributed by atoms with van der Waals surface area (Å²) in [6.07, 6.45) is -4.09. The summed E-state index contributed by atoms with van der Waals surface area (Å²) in [7, 11) is 0. The number of ketones is 1. The van der Waals surface area contributed by atoms with E-state index in [0.717, 1.165) is 10.9 Å². The lowest BCUT2D eigenvalue weighted by atomic mass is 10.3. The van der Waals surface area contributed by atoms with Crippen molar-refractivity contribution in [3.8, 4) is 5.75 Å². The van der Waals surface area contributed by atoms with Crippen molar-refractivity contribution in [2.45, 2.75) is 12.7 Å². The number of nitrogens with zero attached hydrogens (tertiary/aromatic N) is 3. The summed E-state index contributed by atoms with van der Waals surface area (Å²) in [5, 5.41) is 6.56. The Kier molecular flexibility index (Phi) is 4.20. The molecule has 112 valence electrons. The van der Waals surface area contributed by atoms with Crippen LogP contribution >= 0.6 is 0 Å². The molecule has 1 aromatic carbocycles. The zero-order chi connectivity index (χ0) is 15.5. The number of aromatic nitrogens is 3. The fraction of sp³-hybridized carbons (Fsp3) is 0.250. The molecule has 9 heteroatoms. The normalized spacial score (nSPS) is 11.4. The maximum Gasteiger partial charge on any atom is 0.456 e. The van der Waals surface area contributed by atoms with E-state index < -0.39 is 23.5 Å². The minimum Gasteiger partial charge on any atom is -0.492 e.